The van der Waals surface area contributed by atoms with E-state index in [4.69, 9.17) is 5.11 Å². The second-order valence-electron chi connectivity index (χ2n) is 3.23. The average Bonchev–Trinajstić information content (AvgIpc) is 2.23. The number of carboxylic acids is 1. The number of amides is 1. The number of hydrogen-bond donors (Lipinski definition) is 2. The van der Waals surface area contributed by atoms with E-state index in [1.165, 1.54) is 13.8 Å². The Kier molecular flexibility index (Phi) is 6.39. The lowest BCUT2D eigenvalue weighted by molar-refractivity contribution is -0.145. The third-order valence-electron chi connectivity index (χ3n) is 1.58. The van der Waals surface area contributed by atoms with E-state index in [2.05, 4.69) is 21.4 Å². The number of nitrogens with one attached hydrogen (secondary N) is 1. The van der Waals surface area contributed by atoms with Crippen LogP contribution in [0.4, 0.5) is 4.79 Å². The van der Waals surface area contributed by atoms with Crippen molar-refractivity contribution in [3.8, 4) is 0 Å². The van der Waals surface area contributed by atoms with Crippen molar-refractivity contribution >= 4 is 18.0 Å². The third kappa shape index (κ3) is 6.93. The maximum absolute atomic E-state index is 11.0. The van der Waals surface area contributed by atoms with E-state index in [0.717, 1.165) is 0 Å². The molecule has 96 valence electrons. The minimum atomic E-state index is -1.24. The molecule has 1 amide bonds. The van der Waals surface area contributed by atoms with E-state index in [-0.39, 0.29) is 18.7 Å². The number of carboxylic acid groups (broad SMARTS) is 1. The van der Waals surface area contributed by atoms with Gasteiger partial charge in [-0.3, -0.25) is 0 Å². The van der Waals surface area contributed by atoms with Gasteiger partial charge in [0.1, 0.15) is 6.61 Å². The van der Waals surface area contributed by atoms with Gasteiger partial charge in [-0.05, 0) is 13.8 Å². The van der Waals surface area contributed by atoms with Gasteiger partial charge in [0.05, 0.1) is 6.54 Å². The molecule has 0 spiro atoms. The summed E-state index contributed by atoms with van der Waals surface area (Å²) in [7, 11) is 0. The maximum Gasteiger partial charge on any atom is 0.408 e. The first-order valence-electron chi connectivity index (χ1n) is 4.84. The van der Waals surface area contributed by atoms with Crippen molar-refractivity contribution in [1.29, 1.82) is 0 Å². The standard InChI is InChI=1S/C10H15NO6/c1-6(2)9(14)16-5-4-11-10(15)17-7(3)8(12)13/h7H,1,4-5H2,2-3H3,(H,11,15)(H,12,13). The summed E-state index contributed by atoms with van der Waals surface area (Å²) in [5, 5.41) is 10.7. The Morgan fingerprint density at radius 2 is 2.00 bits per heavy atom. The fraction of sp³-hybridized carbons (Fsp3) is 0.500. The summed E-state index contributed by atoms with van der Waals surface area (Å²) in [6, 6.07) is 0. The number of carbonyl (C=O) groups excluding carboxylic acids is 2. The molecule has 0 heterocycles. The van der Waals surface area contributed by atoms with Crippen LogP contribution in [0.25, 0.3) is 0 Å². The van der Waals surface area contributed by atoms with E-state index in [9.17, 15) is 14.4 Å². The summed E-state index contributed by atoms with van der Waals surface area (Å²) in [5.74, 6) is -1.80. The predicted molar refractivity (Wildman–Crippen MR) is 57.4 cm³/mol. The second kappa shape index (κ2) is 7.26. The first-order valence-corrected chi connectivity index (χ1v) is 4.84. The number of alkyl carbamates (subject to hydrolysis) is 1. The van der Waals surface area contributed by atoms with Gasteiger partial charge in [-0.15, -0.1) is 0 Å². The normalized spacial score (nSPS) is 11.2. The van der Waals surface area contributed by atoms with Crippen molar-refractivity contribution in [1.82, 2.24) is 5.32 Å². The molecular formula is C10H15NO6. The van der Waals surface area contributed by atoms with Gasteiger partial charge in [0.25, 0.3) is 0 Å². The highest BCUT2D eigenvalue weighted by molar-refractivity contribution is 5.86. The lowest BCUT2D eigenvalue weighted by atomic mass is 10.4. The Bertz CT molecular complexity index is 325. The van der Waals surface area contributed by atoms with Crippen LogP contribution in [0.2, 0.25) is 0 Å². The van der Waals surface area contributed by atoms with Crippen molar-refractivity contribution in [2.75, 3.05) is 13.2 Å². The zero-order chi connectivity index (χ0) is 13.4. The van der Waals surface area contributed by atoms with Crippen LogP contribution < -0.4 is 5.32 Å². The minimum absolute atomic E-state index is 0.0319. The van der Waals surface area contributed by atoms with Gasteiger partial charge in [0.15, 0.2) is 6.10 Å². The van der Waals surface area contributed by atoms with Crippen LogP contribution >= 0.6 is 0 Å². The largest absolute Gasteiger partial charge is 0.479 e. The van der Waals surface area contributed by atoms with Crippen molar-refractivity contribution in [2.45, 2.75) is 20.0 Å². The Labute approximate surface area is 98.4 Å². The number of carbonyl (C=O) groups is 3. The van der Waals surface area contributed by atoms with Crippen LogP contribution in [-0.4, -0.2) is 42.4 Å². The molecule has 0 aliphatic heterocycles. The number of esters is 1. The summed E-state index contributed by atoms with van der Waals surface area (Å²) >= 11 is 0. The van der Waals surface area contributed by atoms with Crippen molar-refractivity contribution in [2.24, 2.45) is 0 Å². The Morgan fingerprint density at radius 3 is 2.47 bits per heavy atom. The topological polar surface area (TPSA) is 102 Å². The molecule has 0 aromatic carbocycles. The molecular weight excluding hydrogens is 230 g/mol. The molecule has 0 bridgehead atoms. The molecule has 1 unspecified atom stereocenters. The van der Waals surface area contributed by atoms with Crippen LogP contribution in [0, 0.1) is 0 Å². The lowest BCUT2D eigenvalue weighted by Gasteiger charge is -2.10. The molecule has 2 N–H and O–H groups in total. The van der Waals surface area contributed by atoms with Gasteiger partial charge in [-0.1, -0.05) is 6.58 Å². The van der Waals surface area contributed by atoms with E-state index >= 15 is 0 Å². The molecule has 0 aliphatic carbocycles. The van der Waals surface area contributed by atoms with Crippen LogP contribution in [0.1, 0.15) is 13.8 Å². The molecule has 7 nitrogen and oxygen atoms in total. The molecule has 0 saturated carbocycles. The van der Waals surface area contributed by atoms with Crippen LogP contribution in [0.3, 0.4) is 0 Å². The molecule has 0 aromatic heterocycles. The van der Waals surface area contributed by atoms with Gasteiger partial charge < -0.3 is 19.9 Å². The molecule has 0 rings (SSSR count). The Hall–Kier alpha value is -2.05. The van der Waals surface area contributed by atoms with Crippen molar-refractivity contribution in [3.05, 3.63) is 12.2 Å². The molecule has 17 heavy (non-hydrogen) atoms. The zero-order valence-electron chi connectivity index (χ0n) is 9.69. The molecule has 0 aliphatic rings. The van der Waals surface area contributed by atoms with Gasteiger partial charge in [-0.2, -0.15) is 0 Å². The Morgan fingerprint density at radius 1 is 1.41 bits per heavy atom. The molecule has 0 saturated heterocycles. The smallest absolute Gasteiger partial charge is 0.408 e. The van der Waals surface area contributed by atoms with Crippen LogP contribution in [-0.2, 0) is 19.1 Å². The van der Waals surface area contributed by atoms with Crippen LogP contribution in [0.15, 0.2) is 12.2 Å². The summed E-state index contributed by atoms with van der Waals surface area (Å²) in [6.07, 6.45) is -2.11. The minimum Gasteiger partial charge on any atom is -0.479 e. The van der Waals surface area contributed by atoms with E-state index < -0.39 is 24.1 Å². The number of rotatable bonds is 6. The number of aliphatic carboxylic acids is 1. The number of ether oxygens (including phenoxy) is 2. The molecule has 0 fully saturated rings. The highest BCUT2D eigenvalue weighted by Crippen LogP contribution is 1.92. The van der Waals surface area contributed by atoms with Crippen molar-refractivity contribution < 1.29 is 29.0 Å². The van der Waals surface area contributed by atoms with Gasteiger partial charge in [0.2, 0.25) is 0 Å². The van der Waals surface area contributed by atoms with Gasteiger partial charge in [-0.25, -0.2) is 14.4 Å². The molecule has 0 radical (unpaired) electrons. The van der Waals surface area contributed by atoms with Crippen LogP contribution in [0.5, 0.6) is 0 Å². The summed E-state index contributed by atoms with van der Waals surface area (Å²) in [5.41, 5.74) is 0.257. The number of hydrogen-bond acceptors (Lipinski definition) is 5. The highest BCUT2D eigenvalue weighted by atomic mass is 16.6. The lowest BCUT2D eigenvalue weighted by Crippen LogP contribution is -2.33. The third-order valence-corrected chi connectivity index (χ3v) is 1.58. The van der Waals surface area contributed by atoms with Gasteiger partial charge in [0, 0.05) is 5.57 Å². The zero-order valence-corrected chi connectivity index (χ0v) is 9.69. The fourth-order valence-electron chi connectivity index (χ4n) is 0.673. The molecule has 0 aromatic rings. The molecule has 1 atom stereocenters. The van der Waals surface area contributed by atoms with E-state index in [1.807, 2.05) is 0 Å². The van der Waals surface area contributed by atoms with Gasteiger partial charge >= 0.3 is 18.0 Å². The van der Waals surface area contributed by atoms with Crippen molar-refractivity contribution in [3.63, 3.8) is 0 Å². The van der Waals surface area contributed by atoms with E-state index in [1.54, 1.807) is 0 Å². The average molecular weight is 245 g/mol. The fourth-order valence-corrected chi connectivity index (χ4v) is 0.673. The SMILES string of the molecule is C=C(C)C(=O)OCCNC(=O)OC(C)C(=O)O. The predicted octanol–water partition coefficient (Wildman–Crippen LogP) is 0.305. The second-order valence-corrected chi connectivity index (χ2v) is 3.23. The monoisotopic (exact) mass is 245 g/mol. The quantitative estimate of drug-likeness (QED) is 0.396. The highest BCUT2D eigenvalue weighted by Gasteiger charge is 2.15. The molecule has 7 heteroatoms. The summed E-state index contributed by atoms with van der Waals surface area (Å²) < 4.78 is 9.14. The maximum atomic E-state index is 11.0. The first-order chi connectivity index (χ1) is 7.84. The first kappa shape index (κ1) is 14.9. The summed E-state index contributed by atoms with van der Waals surface area (Å²) in [6.45, 7) is 6.09. The summed E-state index contributed by atoms with van der Waals surface area (Å²) in [4.78, 5) is 32.2. The van der Waals surface area contributed by atoms with E-state index in [0.29, 0.717) is 0 Å². The Balaban J connectivity index is 3.69.